The highest BCUT2D eigenvalue weighted by molar-refractivity contribution is 7.90. The van der Waals surface area contributed by atoms with Crippen molar-refractivity contribution in [3.05, 3.63) is 54.1 Å². The first-order valence-corrected chi connectivity index (χ1v) is 13.6. The molecule has 2 aromatic rings. The number of sulfonamides is 1. The fraction of sp³-hybridized carbons (Fsp3) is 0.409. The van der Waals surface area contributed by atoms with Crippen molar-refractivity contribution >= 4 is 25.8 Å². The Morgan fingerprint density at radius 1 is 0.969 bits per heavy atom. The third-order valence-corrected chi connectivity index (χ3v) is 8.73. The number of methoxy groups -OCH3 is 1. The lowest BCUT2D eigenvalue weighted by Crippen LogP contribution is -2.43. The summed E-state index contributed by atoms with van der Waals surface area (Å²) in [6.45, 7) is 2.37. The maximum atomic E-state index is 12.9. The highest BCUT2D eigenvalue weighted by Gasteiger charge is 2.32. The number of benzene rings is 2. The predicted molar refractivity (Wildman–Crippen MR) is 121 cm³/mol. The minimum Gasteiger partial charge on any atom is -0.497 e. The largest absolute Gasteiger partial charge is 0.497 e. The Labute approximate surface area is 189 Å². The quantitative estimate of drug-likeness (QED) is 0.652. The monoisotopic (exact) mass is 480 g/mol. The first-order chi connectivity index (χ1) is 15.0. The first kappa shape index (κ1) is 24.2. The van der Waals surface area contributed by atoms with E-state index in [1.807, 2.05) is 6.92 Å². The molecule has 3 rings (SSSR count). The Bertz CT molecular complexity index is 1150. The van der Waals surface area contributed by atoms with Crippen molar-refractivity contribution in [1.82, 2.24) is 9.62 Å². The SMILES string of the molecule is COc1ccc(S(=O)(=O)N2CCC(C(=O)N[C@@H](C)c3ccc(S(C)(=O)=O)cc3)CC2)cc1. The molecule has 0 bridgehead atoms. The van der Waals surface area contributed by atoms with Crippen molar-refractivity contribution in [1.29, 1.82) is 0 Å². The van der Waals surface area contributed by atoms with E-state index in [1.165, 1.54) is 35.7 Å². The fourth-order valence-electron chi connectivity index (χ4n) is 3.67. The van der Waals surface area contributed by atoms with E-state index in [4.69, 9.17) is 4.74 Å². The minimum atomic E-state index is -3.62. The lowest BCUT2D eigenvalue weighted by atomic mass is 9.96. The van der Waals surface area contributed by atoms with Gasteiger partial charge in [-0.25, -0.2) is 16.8 Å². The Hall–Kier alpha value is -2.43. The van der Waals surface area contributed by atoms with Gasteiger partial charge in [-0.2, -0.15) is 4.31 Å². The van der Waals surface area contributed by atoms with E-state index < -0.39 is 19.9 Å². The van der Waals surface area contributed by atoms with Gasteiger partial charge in [-0.3, -0.25) is 4.79 Å². The Balaban J connectivity index is 1.57. The van der Waals surface area contributed by atoms with Crippen LogP contribution in [0.4, 0.5) is 0 Å². The fourth-order valence-corrected chi connectivity index (χ4v) is 5.77. The average molecular weight is 481 g/mol. The van der Waals surface area contributed by atoms with Crippen molar-refractivity contribution < 1.29 is 26.4 Å². The van der Waals surface area contributed by atoms with Crippen LogP contribution in [0.25, 0.3) is 0 Å². The number of rotatable bonds is 7. The molecule has 1 fully saturated rings. The number of ether oxygens (including phenoxy) is 1. The van der Waals surface area contributed by atoms with Crippen molar-refractivity contribution in [2.45, 2.75) is 35.6 Å². The summed E-state index contributed by atoms with van der Waals surface area (Å²) in [5, 5.41) is 2.95. The molecule has 0 aromatic heterocycles. The van der Waals surface area contributed by atoms with Gasteiger partial charge >= 0.3 is 0 Å². The predicted octanol–water partition coefficient (Wildman–Crippen LogP) is 2.38. The second kappa shape index (κ2) is 9.60. The van der Waals surface area contributed by atoms with Crippen LogP contribution in [0.15, 0.2) is 58.3 Å². The van der Waals surface area contributed by atoms with Crippen molar-refractivity contribution in [2.75, 3.05) is 26.5 Å². The summed E-state index contributed by atoms with van der Waals surface area (Å²) in [6.07, 6.45) is 2.01. The number of hydrogen-bond donors (Lipinski definition) is 1. The summed E-state index contributed by atoms with van der Waals surface area (Å²) in [4.78, 5) is 13.1. The first-order valence-electron chi connectivity index (χ1n) is 10.3. The van der Waals surface area contributed by atoms with Gasteiger partial charge in [0, 0.05) is 25.3 Å². The number of amides is 1. The molecule has 1 heterocycles. The Morgan fingerprint density at radius 3 is 2.00 bits per heavy atom. The van der Waals surface area contributed by atoms with E-state index in [2.05, 4.69) is 5.32 Å². The zero-order valence-corrected chi connectivity index (χ0v) is 19.9. The maximum absolute atomic E-state index is 12.9. The second-order valence-electron chi connectivity index (χ2n) is 7.93. The van der Waals surface area contributed by atoms with Gasteiger partial charge in [-0.05, 0) is 61.7 Å². The summed E-state index contributed by atoms with van der Waals surface area (Å²) < 4.78 is 55.4. The number of carbonyl (C=O) groups excluding carboxylic acids is 1. The normalized spacial score (nSPS) is 17.0. The number of nitrogens with zero attached hydrogens (tertiary/aromatic N) is 1. The van der Waals surface area contributed by atoms with Gasteiger partial charge < -0.3 is 10.1 Å². The average Bonchev–Trinajstić information content (AvgIpc) is 2.78. The number of sulfone groups is 1. The topological polar surface area (TPSA) is 110 Å². The maximum Gasteiger partial charge on any atom is 0.243 e. The third kappa shape index (κ3) is 5.48. The summed E-state index contributed by atoms with van der Waals surface area (Å²) >= 11 is 0. The van der Waals surface area contributed by atoms with Crippen LogP contribution in [0.3, 0.4) is 0 Å². The highest BCUT2D eigenvalue weighted by atomic mass is 32.2. The molecule has 174 valence electrons. The molecule has 2 aromatic carbocycles. The highest BCUT2D eigenvalue weighted by Crippen LogP contribution is 2.26. The molecule has 1 N–H and O–H groups in total. The van der Waals surface area contributed by atoms with Crippen LogP contribution in [0.1, 0.15) is 31.4 Å². The third-order valence-electron chi connectivity index (χ3n) is 5.69. The van der Waals surface area contributed by atoms with E-state index in [1.54, 1.807) is 24.3 Å². The van der Waals surface area contributed by atoms with Crippen LogP contribution in [0.2, 0.25) is 0 Å². The lowest BCUT2D eigenvalue weighted by Gasteiger charge is -2.31. The van der Waals surface area contributed by atoms with Gasteiger partial charge in [0.25, 0.3) is 0 Å². The molecule has 10 heteroatoms. The van der Waals surface area contributed by atoms with Crippen LogP contribution in [-0.2, 0) is 24.7 Å². The summed E-state index contributed by atoms with van der Waals surface area (Å²) in [6, 6.07) is 12.4. The van der Waals surface area contributed by atoms with Gasteiger partial charge in [0.05, 0.1) is 22.9 Å². The standard InChI is InChI=1S/C22H28N2O6S2/c1-16(17-4-8-20(9-5-17)31(3,26)27)23-22(25)18-12-14-24(15-13-18)32(28,29)21-10-6-19(30-2)7-11-21/h4-11,16,18H,12-15H2,1-3H3,(H,23,25)/t16-/m0/s1. The van der Waals surface area contributed by atoms with Crippen LogP contribution < -0.4 is 10.1 Å². The van der Waals surface area contributed by atoms with Gasteiger partial charge in [-0.1, -0.05) is 12.1 Å². The van der Waals surface area contributed by atoms with Crippen LogP contribution in [0.5, 0.6) is 5.75 Å². The van der Waals surface area contributed by atoms with Crippen molar-refractivity contribution in [3.8, 4) is 5.75 Å². The summed E-state index contributed by atoms with van der Waals surface area (Å²) in [7, 11) is -5.38. The molecular weight excluding hydrogens is 452 g/mol. The van der Waals surface area contributed by atoms with E-state index in [0.29, 0.717) is 18.6 Å². The molecule has 0 radical (unpaired) electrons. The van der Waals surface area contributed by atoms with Crippen molar-refractivity contribution in [3.63, 3.8) is 0 Å². The molecule has 8 nitrogen and oxygen atoms in total. The van der Waals surface area contributed by atoms with E-state index in [-0.39, 0.29) is 40.7 Å². The molecule has 1 atom stereocenters. The van der Waals surface area contributed by atoms with Gasteiger partial charge in [-0.15, -0.1) is 0 Å². The molecule has 1 amide bonds. The molecule has 1 aliphatic heterocycles. The van der Waals surface area contributed by atoms with Gasteiger partial charge in [0.2, 0.25) is 15.9 Å². The second-order valence-corrected chi connectivity index (χ2v) is 11.9. The Morgan fingerprint density at radius 2 is 1.50 bits per heavy atom. The summed E-state index contributed by atoms with van der Waals surface area (Å²) in [5.41, 5.74) is 0.797. The number of nitrogens with one attached hydrogen (secondary N) is 1. The van der Waals surface area contributed by atoms with Gasteiger partial charge in [0.1, 0.15) is 5.75 Å². The zero-order valence-electron chi connectivity index (χ0n) is 18.3. The van der Waals surface area contributed by atoms with Gasteiger partial charge in [0.15, 0.2) is 9.84 Å². The number of hydrogen-bond acceptors (Lipinski definition) is 6. The number of piperidine rings is 1. The molecular formula is C22H28N2O6S2. The molecule has 0 unspecified atom stereocenters. The molecule has 1 aliphatic rings. The molecule has 1 saturated heterocycles. The number of carbonyl (C=O) groups is 1. The van der Waals surface area contributed by atoms with Crippen LogP contribution in [-0.4, -0.2) is 53.5 Å². The van der Waals surface area contributed by atoms with E-state index in [9.17, 15) is 21.6 Å². The lowest BCUT2D eigenvalue weighted by molar-refractivity contribution is -0.126. The summed E-state index contributed by atoms with van der Waals surface area (Å²) in [5.74, 6) is 0.167. The van der Waals surface area contributed by atoms with E-state index in [0.717, 1.165) is 11.8 Å². The Kier molecular flexibility index (Phi) is 7.26. The zero-order chi connectivity index (χ0) is 23.5. The minimum absolute atomic E-state index is 0.133. The molecule has 0 spiro atoms. The molecule has 0 saturated carbocycles. The van der Waals surface area contributed by atoms with E-state index >= 15 is 0 Å². The smallest absolute Gasteiger partial charge is 0.243 e. The van der Waals surface area contributed by atoms with Crippen molar-refractivity contribution in [2.24, 2.45) is 5.92 Å². The molecule has 0 aliphatic carbocycles. The van der Waals surface area contributed by atoms with Crippen LogP contribution >= 0.6 is 0 Å². The molecule has 32 heavy (non-hydrogen) atoms. The van der Waals surface area contributed by atoms with Crippen LogP contribution in [0, 0.1) is 5.92 Å².